The first-order valence-electron chi connectivity index (χ1n) is 15.9. The molecule has 0 aliphatic carbocycles. The predicted octanol–water partition coefficient (Wildman–Crippen LogP) is 3.07. The fourth-order valence-electron chi connectivity index (χ4n) is 5.51. The first kappa shape index (κ1) is 33.0. The Kier molecular flexibility index (Phi) is 12.1. The molecular formula is C36H43N7O3. The van der Waals surface area contributed by atoms with Crippen LogP contribution >= 0.6 is 0 Å². The summed E-state index contributed by atoms with van der Waals surface area (Å²) in [5.74, 6) is 0.845. The van der Waals surface area contributed by atoms with Gasteiger partial charge in [-0.1, -0.05) is 42.5 Å². The van der Waals surface area contributed by atoms with E-state index in [0.29, 0.717) is 51.3 Å². The van der Waals surface area contributed by atoms with Crippen molar-refractivity contribution in [2.24, 2.45) is 5.73 Å². The summed E-state index contributed by atoms with van der Waals surface area (Å²) >= 11 is 0. The molecule has 1 saturated heterocycles. The largest absolute Gasteiger partial charge is 0.378 e. The average Bonchev–Trinajstić information content (AvgIpc) is 3.08. The fraction of sp³-hybridized carbons (Fsp3) is 0.361. The standard InChI is InChI=1S/C36H43N7O3/c1-27-4-5-29(21-32(27)23-35-39-13-10-33(41-35)31-3-2-12-38-24-31)22-34(44)30-8-6-28(7-9-30)25-42-15-17-43(18-16-42)26-36(45)40-14-20-46-19-11-37/h2-10,12-13,21,24H,11,14-20,22-23,25-26,37H2,1H3,(H,40,45). The lowest BCUT2D eigenvalue weighted by atomic mass is 9.97. The van der Waals surface area contributed by atoms with Crippen LogP contribution in [-0.4, -0.2) is 95.5 Å². The van der Waals surface area contributed by atoms with Crippen LogP contribution in [0.2, 0.25) is 0 Å². The van der Waals surface area contributed by atoms with Crippen molar-refractivity contribution in [1.82, 2.24) is 30.1 Å². The maximum absolute atomic E-state index is 13.2. The van der Waals surface area contributed by atoms with Crippen LogP contribution in [0.5, 0.6) is 0 Å². The van der Waals surface area contributed by atoms with Crippen LogP contribution in [0, 0.1) is 6.92 Å². The van der Waals surface area contributed by atoms with Crippen LogP contribution in [0.4, 0.5) is 0 Å². The van der Waals surface area contributed by atoms with E-state index in [1.165, 1.54) is 5.56 Å². The van der Waals surface area contributed by atoms with Crippen LogP contribution in [0.25, 0.3) is 11.3 Å². The van der Waals surface area contributed by atoms with E-state index in [0.717, 1.165) is 66.5 Å². The molecule has 0 radical (unpaired) electrons. The monoisotopic (exact) mass is 621 g/mol. The Hall–Kier alpha value is -4.35. The minimum Gasteiger partial charge on any atom is -0.378 e. The summed E-state index contributed by atoms with van der Waals surface area (Å²) in [5.41, 5.74) is 12.3. The number of nitrogens with zero attached hydrogens (tertiary/aromatic N) is 5. The maximum atomic E-state index is 13.2. The number of ether oxygens (including phenoxy) is 1. The van der Waals surface area contributed by atoms with Gasteiger partial charge < -0.3 is 15.8 Å². The Bertz CT molecular complexity index is 1570. The van der Waals surface area contributed by atoms with E-state index < -0.39 is 0 Å². The molecule has 240 valence electrons. The number of ketones is 1. The van der Waals surface area contributed by atoms with E-state index in [1.807, 2.05) is 48.5 Å². The number of aromatic nitrogens is 3. The maximum Gasteiger partial charge on any atom is 0.234 e. The molecule has 10 nitrogen and oxygen atoms in total. The molecule has 3 heterocycles. The van der Waals surface area contributed by atoms with Crippen LogP contribution in [-0.2, 0) is 28.9 Å². The lowest BCUT2D eigenvalue weighted by molar-refractivity contribution is -0.122. The smallest absolute Gasteiger partial charge is 0.234 e. The first-order valence-corrected chi connectivity index (χ1v) is 15.9. The van der Waals surface area contributed by atoms with Crippen molar-refractivity contribution in [2.75, 3.05) is 59.0 Å². The molecule has 0 bridgehead atoms. The molecule has 2 aromatic heterocycles. The predicted molar refractivity (Wildman–Crippen MR) is 178 cm³/mol. The van der Waals surface area contributed by atoms with E-state index in [9.17, 15) is 9.59 Å². The zero-order valence-corrected chi connectivity index (χ0v) is 26.5. The van der Waals surface area contributed by atoms with Gasteiger partial charge in [-0.25, -0.2) is 9.97 Å². The van der Waals surface area contributed by atoms with Crippen molar-refractivity contribution in [2.45, 2.75) is 26.3 Å². The fourth-order valence-corrected chi connectivity index (χ4v) is 5.51. The van der Waals surface area contributed by atoms with E-state index in [2.05, 4.69) is 44.1 Å². The van der Waals surface area contributed by atoms with Crippen LogP contribution < -0.4 is 11.1 Å². The minimum absolute atomic E-state index is 0.0208. The van der Waals surface area contributed by atoms with Crippen molar-refractivity contribution < 1.29 is 14.3 Å². The Balaban J connectivity index is 1.09. The van der Waals surface area contributed by atoms with Gasteiger partial charge >= 0.3 is 0 Å². The number of nitrogens with two attached hydrogens (primary N) is 1. The molecule has 1 amide bonds. The highest BCUT2D eigenvalue weighted by atomic mass is 16.5. The highest BCUT2D eigenvalue weighted by Crippen LogP contribution is 2.19. The van der Waals surface area contributed by atoms with Gasteiger partial charge in [0.25, 0.3) is 0 Å². The molecule has 0 saturated carbocycles. The summed E-state index contributed by atoms with van der Waals surface area (Å²) in [6, 6.07) is 19.9. The molecule has 1 fully saturated rings. The SMILES string of the molecule is Cc1ccc(CC(=O)c2ccc(CN3CCN(CC(=O)NCCOCCN)CC3)cc2)cc1Cc1nccc(-c2cccnc2)n1. The van der Waals surface area contributed by atoms with Crippen molar-refractivity contribution in [3.63, 3.8) is 0 Å². The number of benzene rings is 2. The molecule has 1 aliphatic rings. The van der Waals surface area contributed by atoms with Gasteiger partial charge in [0.1, 0.15) is 5.82 Å². The summed E-state index contributed by atoms with van der Waals surface area (Å²) in [7, 11) is 0. The highest BCUT2D eigenvalue weighted by Gasteiger charge is 2.19. The molecule has 0 atom stereocenters. The van der Waals surface area contributed by atoms with Gasteiger partial charge in [0.05, 0.1) is 25.5 Å². The number of carbonyl (C=O) groups excluding carboxylic acids is 2. The van der Waals surface area contributed by atoms with Gasteiger partial charge in [-0.15, -0.1) is 0 Å². The number of hydrogen-bond acceptors (Lipinski definition) is 9. The van der Waals surface area contributed by atoms with E-state index in [4.69, 9.17) is 15.5 Å². The Morgan fingerprint density at radius 2 is 1.72 bits per heavy atom. The normalized spacial score (nSPS) is 13.9. The number of amides is 1. The van der Waals surface area contributed by atoms with Gasteiger partial charge in [-0.3, -0.25) is 24.4 Å². The van der Waals surface area contributed by atoms with E-state index in [-0.39, 0.29) is 11.7 Å². The molecule has 0 unspecified atom stereocenters. The minimum atomic E-state index is 0.0208. The summed E-state index contributed by atoms with van der Waals surface area (Å²) in [5, 5.41) is 2.90. The van der Waals surface area contributed by atoms with Gasteiger partial charge in [0, 0.05) is 88.4 Å². The second kappa shape index (κ2) is 16.8. The number of aryl methyl sites for hydroxylation is 1. The first-order chi connectivity index (χ1) is 22.5. The third kappa shape index (κ3) is 9.82. The summed E-state index contributed by atoms with van der Waals surface area (Å²) in [6.45, 7) is 8.73. The van der Waals surface area contributed by atoms with Crippen LogP contribution in [0.3, 0.4) is 0 Å². The second-order valence-electron chi connectivity index (χ2n) is 11.6. The Labute approximate surface area is 271 Å². The second-order valence-corrected chi connectivity index (χ2v) is 11.6. The third-order valence-electron chi connectivity index (χ3n) is 8.13. The molecule has 2 aromatic carbocycles. The molecule has 0 spiro atoms. The highest BCUT2D eigenvalue weighted by molar-refractivity contribution is 5.97. The third-order valence-corrected chi connectivity index (χ3v) is 8.13. The van der Waals surface area contributed by atoms with E-state index >= 15 is 0 Å². The zero-order valence-electron chi connectivity index (χ0n) is 26.5. The van der Waals surface area contributed by atoms with Crippen molar-refractivity contribution >= 4 is 11.7 Å². The van der Waals surface area contributed by atoms with Gasteiger partial charge in [0.2, 0.25) is 5.91 Å². The number of piperazine rings is 1. The number of Topliss-reactive ketones (excluding diaryl/α,β-unsaturated/α-hetero) is 1. The Morgan fingerprint density at radius 1 is 0.935 bits per heavy atom. The van der Waals surface area contributed by atoms with Gasteiger partial charge in [-0.2, -0.15) is 0 Å². The summed E-state index contributed by atoms with van der Waals surface area (Å²) in [6.07, 6.45) is 6.24. The number of nitrogens with one attached hydrogen (secondary N) is 1. The average molecular weight is 622 g/mol. The number of hydrogen-bond donors (Lipinski definition) is 2. The van der Waals surface area contributed by atoms with Crippen molar-refractivity contribution in [3.05, 3.63) is 113 Å². The molecule has 10 heteroatoms. The summed E-state index contributed by atoms with van der Waals surface area (Å²) < 4.78 is 5.30. The molecule has 1 aliphatic heterocycles. The van der Waals surface area contributed by atoms with Crippen molar-refractivity contribution in [3.8, 4) is 11.3 Å². The van der Waals surface area contributed by atoms with Crippen LogP contribution in [0.1, 0.15) is 38.4 Å². The van der Waals surface area contributed by atoms with Gasteiger partial charge in [0.15, 0.2) is 5.78 Å². The number of rotatable bonds is 15. The summed E-state index contributed by atoms with van der Waals surface area (Å²) in [4.78, 5) is 43.4. The molecule has 46 heavy (non-hydrogen) atoms. The zero-order chi connectivity index (χ0) is 32.1. The quantitative estimate of drug-likeness (QED) is 0.152. The van der Waals surface area contributed by atoms with Crippen LogP contribution in [0.15, 0.2) is 79.3 Å². The van der Waals surface area contributed by atoms with Gasteiger partial charge in [-0.05, 0) is 47.4 Å². The molecular weight excluding hydrogens is 578 g/mol. The van der Waals surface area contributed by atoms with E-state index in [1.54, 1.807) is 18.6 Å². The lowest BCUT2D eigenvalue weighted by Gasteiger charge is -2.34. The van der Waals surface area contributed by atoms with Crippen molar-refractivity contribution in [1.29, 1.82) is 0 Å². The molecule has 4 aromatic rings. The number of carbonyl (C=O) groups is 2. The number of pyridine rings is 1. The molecule has 5 rings (SSSR count). The lowest BCUT2D eigenvalue weighted by Crippen LogP contribution is -2.49. The molecule has 3 N–H and O–H groups in total. The Morgan fingerprint density at radius 3 is 2.48 bits per heavy atom. The topological polar surface area (TPSA) is 127 Å².